The van der Waals surface area contributed by atoms with Crippen molar-refractivity contribution >= 4 is 14.8 Å². The zero-order valence-corrected chi connectivity index (χ0v) is 10.7. The predicted molar refractivity (Wildman–Crippen MR) is 61.5 cm³/mol. The van der Waals surface area contributed by atoms with Gasteiger partial charge in [0.25, 0.3) is 0 Å². The Bertz CT molecular complexity index is 209. The minimum absolute atomic E-state index is 0.323. The van der Waals surface area contributed by atoms with E-state index in [-0.39, 0.29) is 5.04 Å². The van der Waals surface area contributed by atoms with Crippen molar-refractivity contribution in [3.05, 3.63) is 0 Å². The second-order valence-electron chi connectivity index (χ2n) is 4.84. The molecule has 0 spiro atoms. The maximum Gasteiger partial charge on any atom is 0.306 e. The van der Waals surface area contributed by atoms with Gasteiger partial charge in [-0.15, -0.1) is 0 Å². The summed E-state index contributed by atoms with van der Waals surface area (Å²) in [6.07, 6.45) is 5.59. The molecule has 0 bridgehead atoms. The quantitative estimate of drug-likeness (QED) is 0.731. The lowest BCUT2D eigenvalue weighted by molar-refractivity contribution is -0.142. The predicted octanol–water partition coefficient (Wildman–Crippen LogP) is 2.90. The molecule has 0 aromatic heterocycles. The fourth-order valence-electron chi connectivity index (χ4n) is 3.18. The molecule has 0 aliphatic heterocycles. The van der Waals surface area contributed by atoms with E-state index in [0.29, 0.717) is 5.92 Å². The van der Waals surface area contributed by atoms with Crippen molar-refractivity contribution in [1.29, 1.82) is 0 Å². The fourth-order valence-corrected chi connectivity index (χ4v) is 5.77. The van der Waals surface area contributed by atoms with Gasteiger partial charge in [0.15, 0.2) is 0 Å². The first-order valence-corrected chi connectivity index (χ1v) is 8.67. The lowest BCUT2D eigenvalue weighted by Gasteiger charge is -2.37. The lowest BCUT2D eigenvalue weighted by Crippen LogP contribution is -2.40. The van der Waals surface area contributed by atoms with E-state index in [1.807, 2.05) is 0 Å². The van der Waals surface area contributed by atoms with Crippen molar-refractivity contribution in [2.75, 3.05) is 0 Å². The van der Waals surface area contributed by atoms with Crippen LogP contribution in [0.5, 0.6) is 0 Å². The Balaban J connectivity index is 2.93. The van der Waals surface area contributed by atoms with Crippen LogP contribution in [0.4, 0.5) is 0 Å². The van der Waals surface area contributed by atoms with Crippen LogP contribution in [0.15, 0.2) is 0 Å². The maximum absolute atomic E-state index is 11.5. The Morgan fingerprint density at radius 1 is 1.43 bits per heavy atom. The van der Waals surface area contributed by atoms with Crippen LogP contribution in [0.1, 0.15) is 39.0 Å². The molecule has 0 radical (unpaired) electrons. The van der Waals surface area contributed by atoms with Crippen LogP contribution in [-0.2, 0) is 4.79 Å². The highest BCUT2D eigenvalue weighted by molar-refractivity contribution is 6.64. The molecule has 0 aromatic carbocycles. The minimum atomic E-state index is -1.13. The summed E-state index contributed by atoms with van der Waals surface area (Å²) >= 11 is 0. The van der Waals surface area contributed by atoms with Gasteiger partial charge in [-0.05, 0) is 25.2 Å². The molecule has 14 heavy (non-hydrogen) atoms. The van der Waals surface area contributed by atoms with Gasteiger partial charge in [0.1, 0.15) is 0 Å². The van der Waals surface area contributed by atoms with Gasteiger partial charge in [-0.3, -0.25) is 4.79 Å². The van der Waals surface area contributed by atoms with Gasteiger partial charge in [0.2, 0.25) is 0 Å². The number of carbonyl (C=O) groups is 1. The Morgan fingerprint density at radius 3 is 2.21 bits per heavy atom. The summed E-state index contributed by atoms with van der Waals surface area (Å²) in [5.41, 5.74) is 0. The Labute approximate surface area is 88.3 Å². The van der Waals surface area contributed by atoms with Crippen molar-refractivity contribution < 1.29 is 9.90 Å². The molecule has 1 unspecified atom stereocenters. The highest BCUT2D eigenvalue weighted by atomic mass is 28.3. The second-order valence-corrected chi connectivity index (χ2v) is 8.17. The average Bonchev–Trinajstić information content (AvgIpc) is 2.58. The zero-order chi connectivity index (χ0) is 10.8. The van der Waals surface area contributed by atoms with Crippen LogP contribution in [0.2, 0.25) is 18.1 Å². The van der Waals surface area contributed by atoms with Gasteiger partial charge in [-0.25, -0.2) is 0 Å². The van der Waals surface area contributed by atoms with E-state index in [1.54, 1.807) is 0 Å². The SMILES string of the molecule is CCC(C(=O)O)(C1CCCC1)[SiH](C)C. The summed E-state index contributed by atoms with van der Waals surface area (Å²) in [7, 11) is -1.13. The van der Waals surface area contributed by atoms with E-state index in [0.717, 1.165) is 19.3 Å². The van der Waals surface area contributed by atoms with Crippen LogP contribution in [0, 0.1) is 5.92 Å². The molecule has 1 N–H and O–H groups in total. The molecule has 0 saturated heterocycles. The molecular formula is C11H22O2Si. The largest absolute Gasteiger partial charge is 0.481 e. The minimum Gasteiger partial charge on any atom is -0.481 e. The normalized spacial score (nSPS) is 22.6. The standard InChI is InChI=1S/C11H22O2Si/c1-4-11(10(12)13,14(2)3)9-7-5-6-8-9/h9,14H,4-8H2,1-3H3,(H,12,13). The van der Waals surface area contributed by atoms with Crippen molar-refractivity contribution in [2.45, 2.75) is 57.2 Å². The van der Waals surface area contributed by atoms with Gasteiger partial charge < -0.3 is 5.11 Å². The summed E-state index contributed by atoms with van der Waals surface area (Å²) in [5, 5.41) is 9.17. The van der Waals surface area contributed by atoms with Gasteiger partial charge in [-0.2, -0.15) is 0 Å². The number of rotatable bonds is 4. The van der Waals surface area contributed by atoms with E-state index in [4.69, 9.17) is 0 Å². The molecule has 0 amide bonds. The van der Waals surface area contributed by atoms with Crippen LogP contribution in [0.3, 0.4) is 0 Å². The summed E-state index contributed by atoms with van der Waals surface area (Å²) < 4.78 is 0. The van der Waals surface area contributed by atoms with E-state index in [9.17, 15) is 9.90 Å². The molecule has 3 heteroatoms. The van der Waals surface area contributed by atoms with Gasteiger partial charge in [-0.1, -0.05) is 32.9 Å². The number of hydrogen-bond acceptors (Lipinski definition) is 1. The first-order chi connectivity index (χ1) is 6.55. The lowest BCUT2D eigenvalue weighted by atomic mass is 9.87. The molecule has 0 heterocycles. The Kier molecular flexibility index (Phi) is 3.76. The Hall–Kier alpha value is -0.313. The van der Waals surface area contributed by atoms with Gasteiger partial charge >= 0.3 is 5.97 Å². The number of carboxylic acid groups (broad SMARTS) is 1. The summed E-state index contributed by atoms with van der Waals surface area (Å²) in [5.74, 6) is -0.0507. The molecule has 82 valence electrons. The summed E-state index contributed by atoms with van der Waals surface area (Å²) in [6.45, 7) is 6.44. The van der Waals surface area contributed by atoms with Crippen LogP contribution in [-0.4, -0.2) is 19.9 Å². The van der Waals surface area contributed by atoms with Crippen molar-refractivity contribution in [3.63, 3.8) is 0 Å². The first kappa shape index (κ1) is 11.8. The number of carboxylic acids is 1. The van der Waals surface area contributed by atoms with Gasteiger partial charge in [0, 0.05) is 0 Å². The third-order valence-corrected chi connectivity index (χ3v) is 7.28. The van der Waals surface area contributed by atoms with E-state index >= 15 is 0 Å². The smallest absolute Gasteiger partial charge is 0.306 e. The average molecular weight is 214 g/mol. The van der Waals surface area contributed by atoms with E-state index in [2.05, 4.69) is 20.0 Å². The van der Waals surface area contributed by atoms with Crippen LogP contribution in [0.25, 0.3) is 0 Å². The Morgan fingerprint density at radius 2 is 1.93 bits per heavy atom. The van der Waals surface area contributed by atoms with Crippen molar-refractivity contribution in [1.82, 2.24) is 0 Å². The van der Waals surface area contributed by atoms with Crippen molar-refractivity contribution in [3.8, 4) is 0 Å². The summed E-state index contributed by atoms with van der Waals surface area (Å²) in [6, 6.07) is 0. The molecule has 1 fully saturated rings. The van der Waals surface area contributed by atoms with Crippen LogP contribution < -0.4 is 0 Å². The molecule has 1 atom stereocenters. The third-order valence-electron chi connectivity index (χ3n) is 4.10. The molecule has 1 saturated carbocycles. The van der Waals surface area contributed by atoms with Crippen molar-refractivity contribution in [2.24, 2.45) is 5.92 Å². The topological polar surface area (TPSA) is 37.3 Å². The zero-order valence-electron chi connectivity index (χ0n) is 9.55. The van der Waals surface area contributed by atoms with Crippen LogP contribution >= 0.6 is 0 Å². The highest BCUT2D eigenvalue weighted by Crippen LogP contribution is 2.50. The first-order valence-electron chi connectivity index (χ1n) is 5.79. The molecule has 2 nitrogen and oxygen atoms in total. The van der Waals surface area contributed by atoms with Gasteiger partial charge in [0.05, 0.1) is 13.8 Å². The third kappa shape index (κ3) is 1.74. The second kappa shape index (κ2) is 4.47. The molecule has 1 aliphatic rings. The fraction of sp³-hybridized carbons (Fsp3) is 0.909. The number of hydrogen-bond donors (Lipinski definition) is 1. The molecule has 0 aromatic rings. The van der Waals surface area contributed by atoms with E-state index < -0.39 is 14.8 Å². The monoisotopic (exact) mass is 214 g/mol. The number of aliphatic carboxylic acids is 1. The maximum atomic E-state index is 11.5. The highest BCUT2D eigenvalue weighted by Gasteiger charge is 2.47. The molecular weight excluding hydrogens is 192 g/mol. The molecule has 1 rings (SSSR count). The molecule has 1 aliphatic carbocycles. The van der Waals surface area contributed by atoms with E-state index in [1.165, 1.54) is 12.8 Å². The summed E-state index contributed by atoms with van der Waals surface area (Å²) in [4.78, 5) is 11.5.